The summed E-state index contributed by atoms with van der Waals surface area (Å²) in [5.41, 5.74) is 2.88. The lowest BCUT2D eigenvalue weighted by atomic mass is 10.2. The lowest BCUT2D eigenvalue weighted by Gasteiger charge is -2.26. The van der Waals surface area contributed by atoms with Crippen LogP contribution in [0.3, 0.4) is 0 Å². The van der Waals surface area contributed by atoms with Gasteiger partial charge >= 0.3 is 12.2 Å². The Morgan fingerprint density at radius 3 is 1.51 bits per heavy atom. The van der Waals surface area contributed by atoms with Gasteiger partial charge in [0.05, 0.1) is 0 Å². The van der Waals surface area contributed by atoms with Crippen LogP contribution in [-0.2, 0) is 29.2 Å². The van der Waals surface area contributed by atoms with Gasteiger partial charge in [-0.05, 0) is 36.0 Å². The van der Waals surface area contributed by atoms with Crippen molar-refractivity contribution in [1.29, 1.82) is 0 Å². The predicted molar refractivity (Wildman–Crippen MR) is 152 cm³/mol. The minimum atomic E-state index is -0.384. The van der Waals surface area contributed by atoms with Gasteiger partial charge in [-0.2, -0.15) is 0 Å². The zero-order valence-corrected chi connectivity index (χ0v) is 22.6. The molecule has 39 heavy (non-hydrogen) atoms. The van der Waals surface area contributed by atoms with Crippen molar-refractivity contribution in [3.8, 4) is 0 Å². The maximum Gasteiger partial charge on any atom is 0.410 e. The van der Waals surface area contributed by atoms with Crippen molar-refractivity contribution in [2.75, 3.05) is 26.2 Å². The van der Waals surface area contributed by atoms with E-state index in [1.165, 1.54) is 0 Å². The van der Waals surface area contributed by atoms with E-state index in [4.69, 9.17) is 14.6 Å². The predicted octanol–water partition coefficient (Wildman–Crippen LogP) is 6.41. The first-order valence-electron chi connectivity index (χ1n) is 13.7. The van der Waals surface area contributed by atoms with Gasteiger partial charge < -0.3 is 24.4 Å². The van der Waals surface area contributed by atoms with Crippen LogP contribution in [0.1, 0.15) is 48.8 Å². The number of carbonyl (C=O) groups excluding carboxylic acids is 2. The molecule has 3 aromatic carbocycles. The summed E-state index contributed by atoms with van der Waals surface area (Å²) in [5, 5.41) is 9.04. The molecule has 7 heteroatoms. The Morgan fingerprint density at radius 2 is 0.974 bits per heavy atom. The highest BCUT2D eigenvalue weighted by molar-refractivity contribution is 5.68. The number of hydrogen-bond donors (Lipinski definition) is 1. The van der Waals surface area contributed by atoms with Gasteiger partial charge in [0.2, 0.25) is 0 Å². The third-order valence-electron chi connectivity index (χ3n) is 6.34. The van der Waals surface area contributed by atoms with Crippen molar-refractivity contribution in [1.82, 2.24) is 9.80 Å². The summed E-state index contributed by atoms with van der Waals surface area (Å²) in [6.45, 7) is 2.49. The van der Waals surface area contributed by atoms with Gasteiger partial charge in [0.15, 0.2) is 0 Å². The molecule has 7 nitrogen and oxygen atoms in total. The van der Waals surface area contributed by atoms with Gasteiger partial charge in [-0.1, -0.05) is 104 Å². The highest BCUT2D eigenvalue weighted by Gasteiger charge is 2.19. The molecular weight excluding hydrogens is 492 g/mol. The Labute approximate surface area is 232 Å². The van der Waals surface area contributed by atoms with Gasteiger partial charge in [0, 0.05) is 32.8 Å². The van der Waals surface area contributed by atoms with Crippen molar-refractivity contribution in [2.24, 2.45) is 0 Å². The summed E-state index contributed by atoms with van der Waals surface area (Å²) in [4.78, 5) is 29.4. The lowest BCUT2D eigenvalue weighted by molar-refractivity contribution is 0.0852. The molecule has 0 spiro atoms. The molecule has 0 heterocycles. The number of benzene rings is 3. The number of aliphatic hydroxyl groups excluding tert-OH is 1. The van der Waals surface area contributed by atoms with Gasteiger partial charge in [-0.3, -0.25) is 0 Å². The Balaban J connectivity index is 1.57. The monoisotopic (exact) mass is 532 g/mol. The Morgan fingerprint density at radius 1 is 0.538 bits per heavy atom. The van der Waals surface area contributed by atoms with Crippen LogP contribution >= 0.6 is 0 Å². The van der Waals surface area contributed by atoms with Crippen LogP contribution in [0.2, 0.25) is 0 Å². The van der Waals surface area contributed by atoms with E-state index < -0.39 is 0 Å². The van der Waals surface area contributed by atoms with Crippen LogP contribution in [-0.4, -0.2) is 53.3 Å². The average molecular weight is 533 g/mol. The third kappa shape index (κ3) is 11.6. The quantitative estimate of drug-likeness (QED) is 0.216. The second-order valence-electron chi connectivity index (χ2n) is 9.47. The van der Waals surface area contributed by atoms with E-state index in [9.17, 15) is 9.59 Å². The van der Waals surface area contributed by atoms with E-state index in [2.05, 4.69) is 0 Å². The normalized spacial score (nSPS) is 10.6. The number of nitrogens with zero attached hydrogens (tertiary/aromatic N) is 2. The maximum absolute atomic E-state index is 13.0. The lowest BCUT2D eigenvalue weighted by Crippen LogP contribution is -2.37. The smallest absolute Gasteiger partial charge is 0.410 e. The molecule has 0 aliphatic heterocycles. The summed E-state index contributed by atoms with van der Waals surface area (Å²) in [5.74, 6) is 0. The molecule has 1 N–H and O–H groups in total. The fourth-order valence-corrected chi connectivity index (χ4v) is 4.17. The molecule has 0 saturated heterocycles. The summed E-state index contributed by atoms with van der Waals surface area (Å²) < 4.78 is 11.2. The van der Waals surface area contributed by atoms with E-state index in [0.717, 1.165) is 42.4 Å². The minimum absolute atomic E-state index is 0.181. The van der Waals surface area contributed by atoms with Crippen LogP contribution in [0, 0.1) is 0 Å². The summed E-state index contributed by atoms with van der Waals surface area (Å²) >= 11 is 0. The second kappa shape index (κ2) is 17.6. The molecule has 0 saturated carbocycles. The van der Waals surface area contributed by atoms with Crippen molar-refractivity contribution >= 4 is 12.2 Å². The maximum atomic E-state index is 13.0. The molecule has 0 aliphatic rings. The molecule has 208 valence electrons. The van der Waals surface area contributed by atoms with Crippen LogP contribution in [0.4, 0.5) is 9.59 Å². The number of aliphatic hydroxyl groups is 1. The second-order valence-corrected chi connectivity index (χ2v) is 9.47. The number of ether oxygens (including phenoxy) is 2. The van der Waals surface area contributed by atoms with Gasteiger partial charge in [-0.25, -0.2) is 9.59 Å². The van der Waals surface area contributed by atoms with Crippen LogP contribution in [0.5, 0.6) is 0 Å². The molecule has 0 bridgehead atoms. The highest BCUT2D eigenvalue weighted by Crippen LogP contribution is 2.12. The first-order valence-corrected chi connectivity index (χ1v) is 13.7. The molecule has 0 aliphatic carbocycles. The van der Waals surface area contributed by atoms with Crippen LogP contribution < -0.4 is 0 Å². The average Bonchev–Trinajstić information content (AvgIpc) is 2.98. The zero-order chi connectivity index (χ0) is 27.5. The number of carbonyl (C=O) groups is 2. The number of amides is 2. The van der Waals surface area contributed by atoms with E-state index in [1.807, 2.05) is 91.0 Å². The van der Waals surface area contributed by atoms with E-state index in [0.29, 0.717) is 32.6 Å². The standard InChI is InChI=1S/C32H40N2O5/c35-24-13-2-1-12-21-33(31(36)38-26-29-17-8-4-9-18-29)22-14-23-34(25-28-15-6-3-7-16-28)32(37)39-27-30-19-10-5-11-20-30/h3-11,15-20,35H,1-2,12-14,21-27H2. The molecule has 0 atom stereocenters. The Hall–Kier alpha value is -3.84. The van der Waals surface area contributed by atoms with E-state index in [1.54, 1.807) is 9.80 Å². The zero-order valence-electron chi connectivity index (χ0n) is 22.6. The molecule has 0 radical (unpaired) electrons. The molecular formula is C32H40N2O5. The minimum Gasteiger partial charge on any atom is -0.445 e. The summed E-state index contributed by atoms with van der Waals surface area (Å²) in [7, 11) is 0. The van der Waals surface area contributed by atoms with Gasteiger partial charge in [0.1, 0.15) is 13.2 Å². The van der Waals surface area contributed by atoms with Crippen LogP contribution in [0.15, 0.2) is 91.0 Å². The van der Waals surface area contributed by atoms with Crippen molar-refractivity contribution in [3.63, 3.8) is 0 Å². The first-order chi connectivity index (χ1) is 19.2. The molecule has 0 aromatic heterocycles. The first kappa shape index (κ1) is 29.7. The highest BCUT2D eigenvalue weighted by atomic mass is 16.6. The Kier molecular flexibility index (Phi) is 13.4. The van der Waals surface area contributed by atoms with Gasteiger partial charge in [0.25, 0.3) is 0 Å². The topological polar surface area (TPSA) is 79.3 Å². The summed E-state index contributed by atoms with van der Waals surface area (Å²) in [6.07, 6.45) is 3.28. The van der Waals surface area contributed by atoms with Crippen molar-refractivity contribution in [2.45, 2.75) is 51.9 Å². The van der Waals surface area contributed by atoms with E-state index in [-0.39, 0.29) is 32.0 Å². The SMILES string of the molecule is O=C(OCc1ccccc1)N(CCCCCCO)CCCN(Cc1ccccc1)C(=O)OCc1ccccc1. The number of rotatable bonds is 16. The fourth-order valence-electron chi connectivity index (χ4n) is 4.17. The summed E-state index contributed by atoms with van der Waals surface area (Å²) in [6, 6.07) is 29.0. The van der Waals surface area contributed by atoms with Crippen molar-refractivity contribution in [3.05, 3.63) is 108 Å². The molecule has 3 rings (SSSR count). The molecule has 0 fully saturated rings. The van der Waals surface area contributed by atoms with E-state index >= 15 is 0 Å². The number of unbranched alkanes of at least 4 members (excludes halogenated alkanes) is 3. The molecule has 0 unspecified atom stereocenters. The molecule has 3 aromatic rings. The fraction of sp³-hybridized carbons (Fsp3) is 0.375. The Bertz CT molecular complexity index is 1080. The largest absolute Gasteiger partial charge is 0.445 e. The number of hydrogen-bond acceptors (Lipinski definition) is 5. The van der Waals surface area contributed by atoms with Crippen molar-refractivity contribution < 1.29 is 24.2 Å². The third-order valence-corrected chi connectivity index (χ3v) is 6.34. The van der Waals surface area contributed by atoms with Crippen LogP contribution in [0.25, 0.3) is 0 Å². The van der Waals surface area contributed by atoms with Gasteiger partial charge in [-0.15, -0.1) is 0 Å². The molecule has 2 amide bonds.